The number of carbonyl (C=O) groups excluding carboxylic acids is 1. The van der Waals surface area contributed by atoms with Gasteiger partial charge in [0.2, 0.25) is 5.91 Å². The molecule has 1 saturated heterocycles. The van der Waals surface area contributed by atoms with Gasteiger partial charge in [-0.2, -0.15) is 0 Å². The summed E-state index contributed by atoms with van der Waals surface area (Å²) in [5.74, 6) is -0.0328. The molecule has 0 unspecified atom stereocenters. The van der Waals surface area contributed by atoms with Crippen molar-refractivity contribution in [3.63, 3.8) is 0 Å². The first kappa shape index (κ1) is 17.8. The standard InChI is InChI=1S/C19H25N3O3/c1-15(19(23)21-12-6-7-13-21)20-22-18(14-24-16(2)25-22)11-10-17-8-4-3-5-9-17/h3-9,12-13,15-16,18,20H,10-11,14H2,1-2H3/t15-,16-,18-/m0/s1. The second-order valence-corrected chi connectivity index (χ2v) is 6.29. The van der Waals surface area contributed by atoms with Gasteiger partial charge in [0.25, 0.3) is 0 Å². The Morgan fingerprint density at radius 1 is 1.24 bits per heavy atom. The molecule has 0 saturated carbocycles. The topological polar surface area (TPSA) is 55.7 Å². The number of hydroxylamine groups is 1. The molecule has 6 heteroatoms. The zero-order valence-corrected chi connectivity index (χ0v) is 14.7. The number of hydrogen-bond donors (Lipinski definition) is 1. The number of nitrogens with one attached hydrogen (secondary N) is 1. The molecule has 1 fully saturated rings. The highest BCUT2D eigenvalue weighted by Gasteiger charge is 2.30. The van der Waals surface area contributed by atoms with E-state index in [1.807, 2.05) is 44.2 Å². The number of benzene rings is 1. The molecular formula is C19H25N3O3. The molecule has 1 aliphatic heterocycles. The van der Waals surface area contributed by atoms with E-state index in [-0.39, 0.29) is 18.2 Å². The smallest absolute Gasteiger partial charge is 0.248 e. The van der Waals surface area contributed by atoms with Gasteiger partial charge in [-0.25, -0.2) is 5.43 Å². The number of carbonyl (C=O) groups is 1. The fourth-order valence-electron chi connectivity index (χ4n) is 2.86. The number of aryl methyl sites for hydroxylation is 1. The second-order valence-electron chi connectivity index (χ2n) is 6.29. The third-order valence-corrected chi connectivity index (χ3v) is 4.28. The average molecular weight is 343 g/mol. The minimum Gasteiger partial charge on any atom is -0.349 e. The maximum Gasteiger partial charge on any atom is 0.248 e. The highest BCUT2D eigenvalue weighted by molar-refractivity contribution is 5.83. The normalized spacial score (nSPS) is 22.6. The van der Waals surface area contributed by atoms with Crippen LogP contribution in [0.15, 0.2) is 54.9 Å². The summed E-state index contributed by atoms with van der Waals surface area (Å²) in [7, 11) is 0. The first-order valence-corrected chi connectivity index (χ1v) is 8.68. The maximum absolute atomic E-state index is 12.4. The monoisotopic (exact) mass is 343 g/mol. The number of aromatic nitrogens is 1. The van der Waals surface area contributed by atoms with E-state index >= 15 is 0 Å². The predicted molar refractivity (Wildman–Crippen MR) is 94.5 cm³/mol. The lowest BCUT2D eigenvalue weighted by molar-refractivity contribution is -0.358. The van der Waals surface area contributed by atoms with Crippen molar-refractivity contribution >= 4 is 5.91 Å². The van der Waals surface area contributed by atoms with Crippen LogP contribution < -0.4 is 5.43 Å². The molecular weight excluding hydrogens is 318 g/mol. The Balaban J connectivity index is 1.60. The summed E-state index contributed by atoms with van der Waals surface area (Å²) in [6, 6.07) is 13.6. The molecule has 6 nitrogen and oxygen atoms in total. The van der Waals surface area contributed by atoms with Crippen molar-refractivity contribution in [2.75, 3.05) is 6.61 Å². The van der Waals surface area contributed by atoms with Crippen LogP contribution in [0.25, 0.3) is 0 Å². The van der Waals surface area contributed by atoms with Crippen molar-refractivity contribution in [2.24, 2.45) is 0 Å². The first-order chi connectivity index (χ1) is 12.1. The first-order valence-electron chi connectivity index (χ1n) is 8.68. The summed E-state index contributed by atoms with van der Waals surface area (Å²) in [5.41, 5.74) is 4.46. The molecule has 25 heavy (non-hydrogen) atoms. The molecule has 0 bridgehead atoms. The SMILES string of the molecule is C[C@H]1OC[C@H](CCc2ccccc2)N(N[C@@H](C)C(=O)n2cccc2)O1. The molecule has 0 aliphatic carbocycles. The van der Waals surface area contributed by atoms with Crippen LogP contribution in [-0.4, -0.2) is 40.6 Å². The molecule has 0 spiro atoms. The summed E-state index contributed by atoms with van der Waals surface area (Å²) in [4.78, 5) is 18.2. The van der Waals surface area contributed by atoms with Gasteiger partial charge in [0.1, 0.15) is 6.04 Å². The molecule has 3 atom stereocenters. The Hall–Kier alpha value is -1.99. The van der Waals surface area contributed by atoms with Crippen molar-refractivity contribution in [2.45, 2.75) is 45.1 Å². The highest BCUT2D eigenvalue weighted by Crippen LogP contribution is 2.17. The molecule has 1 aromatic carbocycles. The van der Waals surface area contributed by atoms with Crippen molar-refractivity contribution in [1.29, 1.82) is 0 Å². The van der Waals surface area contributed by atoms with E-state index in [1.165, 1.54) is 5.56 Å². The molecule has 134 valence electrons. The van der Waals surface area contributed by atoms with E-state index in [9.17, 15) is 4.79 Å². The predicted octanol–water partition coefficient (Wildman–Crippen LogP) is 2.63. The van der Waals surface area contributed by atoms with Gasteiger partial charge in [0, 0.05) is 12.4 Å². The Morgan fingerprint density at radius 3 is 2.68 bits per heavy atom. The van der Waals surface area contributed by atoms with Gasteiger partial charge in [0.05, 0.1) is 12.6 Å². The lowest BCUT2D eigenvalue weighted by atomic mass is 10.1. The van der Waals surface area contributed by atoms with Crippen LogP contribution in [0.5, 0.6) is 0 Å². The van der Waals surface area contributed by atoms with Crippen LogP contribution in [-0.2, 0) is 16.0 Å². The Kier molecular flexibility index (Phi) is 5.99. The Labute approximate surface area is 148 Å². The summed E-state index contributed by atoms with van der Waals surface area (Å²) < 4.78 is 7.20. The fourth-order valence-corrected chi connectivity index (χ4v) is 2.86. The molecule has 2 heterocycles. The van der Waals surface area contributed by atoms with Crippen LogP contribution in [0.4, 0.5) is 0 Å². The molecule has 1 aliphatic rings. The van der Waals surface area contributed by atoms with E-state index in [4.69, 9.17) is 9.57 Å². The quantitative estimate of drug-likeness (QED) is 0.874. The van der Waals surface area contributed by atoms with Crippen molar-refractivity contribution < 1.29 is 14.4 Å². The van der Waals surface area contributed by atoms with Gasteiger partial charge in [-0.1, -0.05) is 30.3 Å². The van der Waals surface area contributed by atoms with Crippen LogP contribution in [0, 0.1) is 0 Å². The largest absolute Gasteiger partial charge is 0.349 e. The molecule has 3 rings (SSSR count). The number of ether oxygens (including phenoxy) is 1. The van der Waals surface area contributed by atoms with Gasteiger partial charge in [-0.3, -0.25) is 14.2 Å². The van der Waals surface area contributed by atoms with E-state index in [0.29, 0.717) is 6.61 Å². The zero-order valence-electron chi connectivity index (χ0n) is 14.7. The van der Waals surface area contributed by atoms with Gasteiger partial charge < -0.3 is 4.74 Å². The minimum atomic E-state index is -0.406. The Morgan fingerprint density at radius 2 is 1.96 bits per heavy atom. The van der Waals surface area contributed by atoms with Gasteiger partial charge >= 0.3 is 0 Å². The lowest BCUT2D eigenvalue weighted by Gasteiger charge is -2.38. The molecule has 1 N–H and O–H groups in total. The highest BCUT2D eigenvalue weighted by atomic mass is 16.8. The average Bonchev–Trinajstić information content (AvgIpc) is 3.16. The lowest BCUT2D eigenvalue weighted by Crippen LogP contribution is -2.58. The van der Waals surface area contributed by atoms with Crippen LogP contribution in [0.2, 0.25) is 0 Å². The third kappa shape index (κ3) is 4.76. The van der Waals surface area contributed by atoms with Crippen molar-refractivity contribution in [3.8, 4) is 0 Å². The molecule has 2 aromatic rings. The molecule has 1 aromatic heterocycles. The summed E-state index contributed by atoms with van der Waals surface area (Å²) >= 11 is 0. The number of nitrogens with zero attached hydrogens (tertiary/aromatic N) is 2. The van der Waals surface area contributed by atoms with Crippen LogP contribution in [0.1, 0.15) is 30.6 Å². The van der Waals surface area contributed by atoms with E-state index in [0.717, 1.165) is 12.8 Å². The van der Waals surface area contributed by atoms with Gasteiger partial charge in [-0.05, 0) is 44.4 Å². The van der Waals surface area contributed by atoms with Crippen molar-refractivity contribution in [1.82, 2.24) is 15.2 Å². The zero-order chi connectivity index (χ0) is 17.6. The number of hydrogen-bond acceptors (Lipinski definition) is 5. The number of hydrazine groups is 1. The van der Waals surface area contributed by atoms with Crippen LogP contribution >= 0.6 is 0 Å². The summed E-state index contributed by atoms with van der Waals surface area (Å²) in [5, 5.41) is 1.70. The number of rotatable bonds is 6. The third-order valence-electron chi connectivity index (χ3n) is 4.28. The van der Waals surface area contributed by atoms with E-state index in [2.05, 4.69) is 17.6 Å². The minimum absolute atomic E-state index is 0.0328. The van der Waals surface area contributed by atoms with Gasteiger partial charge in [0.15, 0.2) is 6.29 Å². The second kappa shape index (κ2) is 8.40. The molecule has 0 amide bonds. The van der Waals surface area contributed by atoms with Gasteiger partial charge in [-0.15, -0.1) is 5.17 Å². The molecule has 0 radical (unpaired) electrons. The van der Waals surface area contributed by atoms with Crippen molar-refractivity contribution in [3.05, 3.63) is 60.4 Å². The van der Waals surface area contributed by atoms with E-state index in [1.54, 1.807) is 22.1 Å². The fraction of sp³-hybridized carbons (Fsp3) is 0.421. The Bertz CT molecular complexity index is 660. The van der Waals surface area contributed by atoms with E-state index < -0.39 is 6.04 Å². The maximum atomic E-state index is 12.4. The van der Waals surface area contributed by atoms with Crippen LogP contribution in [0.3, 0.4) is 0 Å². The summed E-state index contributed by atoms with van der Waals surface area (Å²) in [6.45, 7) is 4.24. The summed E-state index contributed by atoms with van der Waals surface area (Å²) in [6.07, 6.45) is 4.94.